The van der Waals surface area contributed by atoms with Crippen molar-refractivity contribution >= 4 is 23.4 Å². The number of hydrogen-bond donors (Lipinski definition) is 2. The van der Waals surface area contributed by atoms with Crippen LogP contribution in [0.15, 0.2) is 18.2 Å². The number of aromatic nitrogens is 2. The van der Waals surface area contributed by atoms with E-state index in [1.165, 1.54) is 0 Å². The zero-order valence-electron chi connectivity index (χ0n) is 11.0. The Morgan fingerprint density at radius 2 is 1.79 bits per heavy atom. The van der Waals surface area contributed by atoms with E-state index in [4.69, 9.17) is 22.1 Å². The molecule has 0 amide bonds. The lowest BCUT2D eigenvalue weighted by atomic mass is 10.1. The molecule has 3 N–H and O–H groups in total. The highest BCUT2D eigenvalue weighted by atomic mass is 35.5. The van der Waals surface area contributed by atoms with E-state index in [-0.39, 0.29) is 5.95 Å². The number of nitrogens with one attached hydrogen (secondary N) is 1. The molecule has 0 aliphatic rings. The van der Waals surface area contributed by atoms with Crippen molar-refractivity contribution in [2.75, 3.05) is 18.1 Å². The molecule has 0 aliphatic carbocycles. The summed E-state index contributed by atoms with van der Waals surface area (Å²) in [5.41, 5.74) is 7.50. The molecule has 0 saturated carbocycles. The number of benzene rings is 1. The molecule has 0 spiro atoms. The van der Waals surface area contributed by atoms with Crippen molar-refractivity contribution in [1.29, 1.82) is 0 Å². The molecule has 6 heteroatoms. The minimum atomic E-state index is 0.158. The van der Waals surface area contributed by atoms with Crippen LogP contribution >= 0.6 is 11.6 Å². The molecule has 0 bridgehead atoms. The van der Waals surface area contributed by atoms with E-state index < -0.39 is 0 Å². The van der Waals surface area contributed by atoms with Crippen LogP contribution in [0.3, 0.4) is 0 Å². The first-order chi connectivity index (χ1) is 8.99. The minimum absolute atomic E-state index is 0.158. The van der Waals surface area contributed by atoms with E-state index in [9.17, 15) is 0 Å². The quantitative estimate of drug-likeness (QED) is 0.902. The summed E-state index contributed by atoms with van der Waals surface area (Å²) in [6.07, 6.45) is 0. The largest absolute Gasteiger partial charge is 0.438 e. The van der Waals surface area contributed by atoms with E-state index >= 15 is 0 Å². The zero-order chi connectivity index (χ0) is 14.0. The number of rotatable bonds is 3. The van der Waals surface area contributed by atoms with Gasteiger partial charge < -0.3 is 15.8 Å². The molecule has 1 heterocycles. The Morgan fingerprint density at radius 3 is 2.37 bits per heavy atom. The van der Waals surface area contributed by atoms with E-state index in [1.54, 1.807) is 13.1 Å². The van der Waals surface area contributed by atoms with Crippen molar-refractivity contribution in [2.45, 2.75) is 13.8 Å². The predicted octanol–water partition coefficient (Wildman–Crippen LogP) is 3.16. The number of hydrogen-bond acceptors (Lipinski definition) is 5. The fourth-order valence-electron chi connectivity index (χ4n) is 1.79. The van der Waals surface area contributed by atoms with Crippen LogP contribution in [-0.2, 0) is 0 Å². The molecule has 100 valence electrons. The fourth-order valence-corrected chi connectivity index (χ4v) is 2.11. The van der Waals surface area contributed by atoms with Crippen LogP contribution in [0.1, 0.15) is 11.1 Å². The summed E-state index contributed by atoms with van der Waals surface area (Å²) >= 11 is 5.99. The molecule has 0 aliphatic heterocycles. The van der Waals surface area contributed by atoms with E-state index in [2.05, 4.69) is 15.3 Å². The van der Waals surface area contributed by atoms with Gasteiger partial charge in [0.05, 0.1) is 0 Å². The molecule has 0 atom stereocenters. The van der Waals surface area contributed by atoms with Gasteiger partial charge in [0, 0.05) is 18.1 Å². The van der Waals surface area contributed by atoms with Crippen LogP contribution in [-0.4, -0.2) is 17.0 Å². The van der Waals surface area contributed by atoms with Gasteiger partial charge in [0.25, 0.3) is 0 Å². The van der Waals surface area contributed by atoms with E-state index in [0.29, 0.717) is 16.7 Å². The molecular weight excluding hydrogens is 264 g/mol. The minimum Gasteiger partial charge on any atom is -0.438 e. The second-order valence-corrected chi connectivity index (χ2v) is 4.61. The number of nitrogens with two attached hydrogens (primary N) is 1. The Bertz CT molecular complexity index is 593. The fraction of sp³-hybridized carbons (Fsp3) is 0.231. The standard InChI is InChI=1S/C13H15ClN4O/c1-7-4-9(14)5-8(2)12(7)19-11-6-10(16-3)17-13(15)18-11/h4-6H,1-3H3,(H3,15,16,17,18). The second-order valence-electron chi connectivity index (χ2n) is 4.17. The van der Waals surface area contributed by atoms with E-state index in [0.717, 1.165) is 16.9 Å². The molecule has 0 radical (unpaired) electrons. The van der Waals surface area contributed by atoms with Gasteiger partial charge in [-0.05, 0) is 37.1 Å². The third-order valence-corrected chi connectivity index (χ3v) is 2.83. The van der Waals surface area contributed by atoms with Gasteiger partial charge in [-0.2, -0.15) is 9.97 Å². The van der Waals surface area contributed by atoms with Crippen LogP contribution in [0.2, 0.25) is 5.02 Å². The summed E-state index contributed by atoms with van der Waals surface area (Å²) < 4.78 is 5.79. The Balaban J connectivity index is 2.39. The highest BCUT2D eigenvalue weighted by molar-refractivity contribution is 6.30. The van der Waals surface area contributed by atoms with Gasteiger partial charge >= 0.3 is 0 Å². The predicted molar refractivity (Wildman–Crippen MR) is 77.0 cm³/mol. The first kappa shape index (κ1) is 13.4. The number of nitrogens with zero attached hydrogens (tertiary/aromatic N) is 2. The topological polar surface area (TPSA) is 73.1 Å². The summed E-state index contributed by atoms with van der Waals surface area (Å²) in [7, 11) is 1.75. The number of anilines is 2. The van der Waals surface area contributed by atoms with Crippen molar-refractivity contribution in [3.05, 3.63) is 34.3 Å². The Kier molecular flexibility index (Phi) is 3.76. The van der Waals surface area contributed by atoms with Gasteiger partial charge in [-0.3, -0.25) is 0 Å². The molecule has 0 saturated heterocycles. The van der Waals surface area contributed by atoms with Crippen LogP contribution in [0.25, 0.3) is 0 Å². The van der Waals surface area contributed by atoms with Crippen molar-refractivity contribution in [3.63, 3.8) is 0 Å². The molecule has 0 fully saturated rings. The molecule has 5 nitrogen and oxygen atoms in total. The van der Waals surface area contributed by atoms with Crippen LogP contribution in [0.4, 0.5) is 11.8 Å². The number of ether oxygens (including phenoxy) is 1. The normalized spacial score (nSPS) is 10.3. The van der Waals surface area contributed by atoms with Gasteiger partial charge in [0.1, 0.15) is 11.6 Å². The SMILES string of the molecule is CNc1cc(Oc2c(C)cc(Cl)cc2C)nc(N)n1. The highest BCUT2D eigenvalue weighted by Crippen LogP contribution is 2.31. The molecular formula is C13H15ClN4O. The van der Waals surface area contributed by atoms with Gasteiger partial charge in [0.2, 0.25) is 11.8 Å². The summed E-state index contributed by atoms with van der Waals surface area (Å²) in [5.74, 6) is 1.88. The highest BCUT2D eigenvalue weighted by Gasteiger charge is 2.09. The Morgan fingerprint density at radius 1 is 1.16 bits per heavy atom. The average molecular weight is 279 g/mol. The first-order valence-electron chi connectivity index (χ1n) is 5.76. The average Bonchev–Trinajstić information content (AvgIpc) is 2.33. The third-order valence-electron chi connectivity index (χ3n) is 2.61. The second kappa shape index (κ2) is 5.32. The van der Waals surface area contributed by atoms with Gasteiger partial charge in [-0.15, -0.1) is 0 Å². The maximum Gasteiger partial charge on any atom is 0.226 e. The maximum atomic E-state index is 5.99. The van der Waals surface area contributed by atoms with Crippen LogP contribution in [0, 0.1) is 13.8 Å². The van der Waals surface area contributed by atoms with Crippen molar-refractivity contribution < 1.29 is 4.74 Å². The Labute approximate surface area is 116 Å². The monoisotopic (exact) mass is 278 g/mol. The van der Waals surface area contributed by atoms with Gasteiger partial charge in [0.15, 0.2) is 0 Å². The molecule has 19 heavy (non-hydrogen) atoms. The summed E-state index contributed by atoms with van der Waals surface area (Å²) in [5, 5.41) is 3.58. The Hall–Kier alpha value is -2.01. The number of halogens is 1. The molecule has 1 aromatic carbocycles. The molecule has 2 aromatic rings. The maximum absolute atomic E-state index is 5.99. The van der Waals surface area contributed by atoms with Crippen molar-refractivity contribution in [2.24, 2.45) is 0 Å². The number of aryl methyl sites for hydroxylation is 2. The smallest absolute Gasteiger partial charge is 0.226 e. The summed E-state index contributed by atoms with van der Waals surface area (Å²) in [6, 6.07) is 5.37. The molecule has 2 rings (SSSR count). The van der Waals surface area contributed by atoms with E-state index in [1.807, 2.05) is 26.0 Å². The van der Waals surface area contributed by atoms with Crippen LogP contribution in [0.5, 0.6) is 11.6 Å². The van der Waals surface area contributed by atoms with Crippen molar-refractivity contribution in [3.8, 4) is 11.6 Å². The third kappa shape index (κ3) is 3.06. The van der Waals surface area contributed by atoms with Gasteiger partial charge in [-0.1, -0.05) is 11.6 Å². The lowest BCUT2D eigenvalue weighted by Gasteiger charge is -2.12. The molecule has 1 aromatic heterocycles. The first-order valence-corrected chi connectivity index (χ1v) is 6.14. The zero-order valence-corrected chi connectivity index (χ0v) is 11.7. The summed E-state index contributed by atoms with van der Waals surface area (Å²) in [6.45, 7) is 3.86. The van der Waals surface area contributed by atoms with Crippen molar-refractivity contribution in [1.82, 2.24) is 9.97 Å². The number of nitrogen functional groups attached to an aromatic ring is 1. The van der Waals surface area contributed by atoms with Gasteiger partial charge in [-0.25, -0.2) is 0 Å². The summed E-state index contributed by atoms with van der Waals surface area (Å²) in [4.78, 5) is 8.06. The molecule has 0 unspecified atom stereocenters. The lowest BCUT2D eigenvalue weighted by Crippen LogP contribution is -2.02. The lowest BCUT2D eigenvalue weighted by molar-refractivity contribution is 0.456. The van der Waals surface area contributed by atoms with Crippen LogP contribution < -0.4 is 15.8 Å².